The van der Waals surface area contributed by atoms with E-state index in [0.29, 0.717) is 24.4 Å². The van der Waals surface area contributed by atoms with Crippen molar-refractivity contribution < 1.29 is 19.3 Å². The van der Waals surface area contributed by atoms with Gasteiger partial charge in [-0.1, -0.05) is 18.2 Å². The zero-order valence-electron chi connectivity index (χ0n) is 12.5. The average Bonchev–Trinajstić information content (AvgIpc) is 2.40. The summed E-state index contributed by atoms with van der Waals surface area (Å²) >= 11 is 1.57. The number of ether oxygens (including phenoxy) is 1. The van der Waals surface area contributed by atoms with Gasteiger partial charge < -0.3 is 20.3 Å². The fourth-order valence-electron chi connectivity index (χ4n) is 1.85. The van der Waals surface area contributed by atoms with Crippen LogP contribution >= 0.6 is 11.8 Å². The molecule has 0 amide bonds. The Morgan fingerprint density at radius 2 is 2.14 bits per heavy atom. The Kier molecular flexibility index (Phi) is 8.21. The third-order valence-corrected chi connectivity index (χ3v) is 3.78. The van der Waals surface area contributed by atoms with E-state index in [1.807, 2.05) is 6.26 Å². The predicted molar refractivity (Wildman–Crippen MR) is 83.9 cm³/mol. The third kappa shape index (κ3) is 7.78. The van der Waals surface area contributed by atoms with Crippen LogP contribution < -0.4 is 5.32 Å². The lowest BCUT2D eigenvalue weighted by molar-refractivity contribution is 0.0230. The normalized spacial score (nSPS) is 15.7. The summed E-state index contributed by atoms with van der Waals surface area (Å²) in [6.07, 6.45) is 1.24. The number of aliphatic hydroxyl groups is 2. The molecule has 6 heteroatoms. The van der Waals surface area contributed by atoms with Crippen LogP contribution in [-0.4, -0.2) is 53.6 Å². The molecule has 0 saturated heterocycles. The van der Waals surface area contributed by atoms with Gasteiger partial charge in [-0.25, -0.2) is 4.39 Å². The van der Waals surface area contributed by atoms with E-state index >= 15 is 0 Å². The molecule has 2 unspecified atom stereocenters. The zero-order valence-corrected chi connectivity index (χ0v) is 13.3. The van der Waals surface area contributed by atoms with E-state index in [-0.39, 0.29) is 19.0 Å². The van der Waals surface area contributed by atoms with Gasteiger partial charge in [0.25, 0.3) is 0 Å². The van der Waals surface area contributed by atoms with Gasteiger partial charge in [-0.2, -0.15) is 11.8 Å². The Hall–Kier alpha value is -0.660. The van der Waals surface area contributed by atoms with Crippen molar-refractivity contribution in [3.63, 3.8) is 0 Å². The molecule has 0 spiro atoms. The summed E-state index contributed by atoms with van der Waals surface area (Å²) in [5.74, 6) is 0.318. The summed E-state index contributed by atoms with van der Waals surface area (Å²) < 4.78 is 18.6. The number of nitrogens with one attached hydrogen (secondary N) is 1. The molecule has 120 valence electrons. The van der Waals surface area contributed by atoms with Crippen LogP contribution in [-0.2, 0) is 11.3 Å². The van der Waals surface area contributed by atoms with Gasteiger partial charge >= 0.3 is 0 Å². The molecule has 1 aromatic carbocycles. The van der Waals surface area contributed by atoms with Crippen molar-refractivity contribution in [3.05, 3.63) is 35.6 Å². The minimum absolute atomic E-state index is 0.117. The van der Waals surface area contributed by atoms with E-state index in [2.05, 4.69) is 5.32 Å². The molecule has 3 N–H and O–H groups in total. The van der Waals surface area contributed by atoms with Crippen molar-refractivity contribution in [1.29, 1.82) is 0 Å². The van der Waals surface area contributed by atoms with Gasteiger partial charge in [0.15, 0.2) is 0 Å². The second-order valence-electron chi connectivity index (χ2n) is 5.32. The van der Waals surface area contributed by atoms with E-state index in [1.54, 1.807) is 36.9 Å². The van der Waals surface area contributed by atoms with Gasteiger partial charge in [0, 0.05) is 24.4 Å². The van der Waals surface area contributed by atoms with E-state index in [4.69, 9.17) is 4.74 Å². The van der Waals surface area contributed by atoms with E-state index in [1.165, 1.54) is 6.07 Å². The Morgan fingerprint density at radius 3 is 2.81 bits per heavy atom. The first-order chi connectivity index (χ1) is 9.94. The van der Waals surface area contributed by atoms with Crippen LogP contribution in [0, 0.1) is 5.82 Å². The molecule has 2 atom stereocenters. The molecular weight excluding hydrogens is 293 g/mol. The highest BCUT2D eigenvalue weighted by Crippen LogP contribution is 2.09. The number of benzene rings is 1. The van der Waals surface area contributed by atoms with Crippen LogP contribution in [0.25, 0.3) is 0 Å². The first-order valence-electron chi connectivity index (χ1n) is 6.86. The summed E-state index contributed by atoms with van der Waals surface area (Å²) in [5, 5.41) is 22.7. The fourth-order valence-corrected chi connectivity index (χ4v) is 2.57. The highest BCUT2D eigenvalue weighted by molar-refractivity contribution is 7.98. The second kappa shape index (κ2) is 9.38. The van der Waals surface area contributed by atoms with Gasteiger partial charge in [-0.05, 0) is 19.2 Å². The van der Waals surface area contributed by atoms with Crippen molar-refractivity contribution in [3.8, 4) is 0 Å². The molecule has 4 nitrogen and oxygen atoms in total. The Balaban J connectivity index is 2.17. The monoisotopic (exact) mass is 317 g/mol. The van der Waals surface area contributed by atoms with Gasteiger partial charge in [0.05, 0.1) is 24.9 Å². The molecule has 0 fully saturated rings. The minimum Gasteiger partial charge on any atom is -0.389 e. The predicted octanol–water partition coefficient (Wildman–Crippen LogP) is 1.41. The minimum atomic E-state index is -0.798. The van der Waals surface area contributed by atoms with Gasteiger partial charge in [0.1, 0.15) is 5.82 Å². The molecule has 1 rings (SSSR count). The molecule has 0 aliphatic carbocycles. The maximum absolute atomic E-state index is 13.3. The number of rotatable bonds is 10. The SMILES string of the molecule is CSCC(C)(O)CNCC(O)COCc1ccccc1F. The summed E-state index contributed by atoms with van der Waals surface area (Å²) in [6, 6.07) is 6.40. The summed E-state index contributed by atoms with van der Waals surface area (Å²) in [5.41, 5.74) is -0.326. The number of halogens is 1. The lowest BCUT2D eigenvalue weighted by atomic mass is 10.1. The molecule has 0 saturated carbocycles. The van der Waals surface area contributed by atoms with Crippen LogP contribution in [0.1, 0.15) is 12.5 Å². The molecule has 1 aromatic rings. The molecule has 21 heavy (non-hydrogen) atoms. The number of hydrogen-bond donors (Lipinski definition) is 3. The third-order valence-electron chi connectivity index (χ3n) is 2.87. The highest BCUT2D eigenvalue weighted by Gasteiger charge is 2.19. The fraction of sp³-hybridized carbons (Fsp3) is 0.600. The number of thioether (sulfide) groups is 1. The Morgan fingerprint density at radius 1 is 1.43 bits per heavy atom. The van der Waals surface area contributed by atoms with Gasteiger partial charge in [-0.15, -0.1) is 0 Å². The van der Waals surface area contributed by atoms with Crippen molar-refractivity contribution in [1.82, 2.24) is 5.32 Å². The largest absolute Gasteiger partial charge is 0.389 e. The maximum atomic E-state index is 13.3. The molecule has 0 heterocycles. The van der Waals surface area contributed by atoms with Crippen molar-refractivity contribution in [2.75, 3.05) is 31.7 Å². The summed E-state index contributed by atoms with van der Waals surface area (Å²) in [6.45, 7) is 2.72. The van der Waals surface area contributed by atoms with Crippen molar-refractivity contribution in [2.24, 2.45) is 0 Å². The molecule has 0 bridgehead atoms. The lowest BCUT2D eigenvalue weighted by Crippen LogP contribution is -2.43. The molecule has 0 aliphatic heterocycles. The van der Waals surface area contributed by atoms with Crippen LogP contribution in [0.5, 0.6) is 0 Å². The van der Waals surface area contributed by atoms with Crippen molar-refractivity contribution >= 4 is 11.8 Å². The first kappa shape index (κ1) is 18.4. The topological polar surface area (TPSA) is 61.7 Å². The standard InChI is InChI=1S/C15H24FNO3S/c1-15(19,11-21-2)10-17-7-13(18)9-20-8-12-5-3-4-6-14(12)16/h3-6,13,17-19H,7-11H2,1-2H3. The van der Waals surface area contributed by atoms with E-state index in [9.17, 15) is 14.6 Å². The number of aliphatic hydroxyl groups excluding tert-OH is 1. The van der Waals surface area contributed by atoms with Crippen LogP contribution in [0.15, 0.2) is 24.3 Å². The second-order valence-corrected chi connectivity index (χ2v) is 6.19. The smallest absolute Gasteiger partial charge is 0.128 e. The highest BCUT2D eigenvalue weighted by atomic mass is 32.2. The van der Waals surface area contributed by atoms with Crippen molar-refractivity contribution in [2.45, 2.75) is 25.2 Å². The van der Waals surface area contributed by atoms with Crippen LogP contribution in [0.2, 0.25) is 0 Å². The number of hydrogen-bond acceptors (Lipinski definition) is 5. The molecular formula is C15H24FNO3S. The summed E-state index contributed by atoms with van der Waals surface area (Å²) in [4.78, 5) is 0. The zero-order chi connectivity index (χ0) is 15.7. The Bertz CT molecular complexity index is 418. The van der Waals surface area contributed by atoms with E-state index in [0.717, 1.165) is 0 Å². The van der Waals surface area contributed by atoms with Crippen LogP contribution in [0.3, 0.4) is 0 Å². The molecule has 0 aromatic heterocycles. The van der Waals surface area contributed by atoms with Crippen LogP contribution in [0.4, 0.5) is 4.39 Å². The van der Waals surface area contributed by atoms with Gasteiger partial charge in [-0.3, -0.25) is 0 Å². The lowest BCUT2D eigenvalue weighted by Gasteiger charge is -2.23. The maximum Gasteiger partial charge on any atom is 0.128 e. The molecule has 0 aliphatic rings. The van der Waals surface area contributed by atoms with E-state index < -0.39 is 11.7 Å². The molecule has 0 radical (unpaired) electrons. The summed E-state index contributed by atoms with van der Waals surface area (Å²) in [7, 11) is 0. The average molecular weight is 317 g/mol. The first-order valence-corrected chi connectivity index (χ1v) is 8.25. The Labute approximate surface area is 129 Å². The quantitative estimate of drug-likeness (QED) is 0.609. The van der Waals surface area contributed by atoms with Gasteiger partial charge in [0.2, 0.25) is 0 Å².